The molecule has 0 bridgehead atoms. The van der Waals surface area contributed by atoms with Crippen molar-refractivity contribution in [2.24, 2.45) is 5.92 Å². The molecule has 2 aromatic carbocycles. The van der Waals surface area contributed by atoms with Crippen LogP contribution in [0.5, 0.6) is 0 Å². The van der Waals surface area contributed by atoms with Gasteiger partial charge in [0.05, 0.1) is 16.4 Å². The molecule has 0 saturated carbocycles. The van der Waals surface area contributed by atoms with E-state index in [0.29, 0.717) is 16.5 Å². The molecule has 0 spiro atoms. The minimum absolute atomic E-state index is 0.0736. The predicted molar refractivity (Wildman–Crippen MR) is 118 cm³/mol. The highest BCUT2D eigenvalue weighted by Crippen LogP contribution is 2.38. The Labute approximate surface area is 188 Å². The van der Waals surface area contributed by atoms with E-state index in [1.54, 1.807) is 17.2 Å². The first kappa shape index (κ1) is 22.5. The Kier molecular flexibility index (Phi) is 6.09. The summed E-state index contributed by atoms with van der Waals surface area (Å²) in [5.74, 6) is -0.996. The van der Waals surface area contributed by atoms with Crippen LogP contribution in [0.3, 0.4) is 0 Å². The van der Waals surface area contributed by atoms with Crippen LogP contribution in [0.25, 0.3) is 21.0 Å². The van der Waals surface area contributed by atoms with Gasteiger partial charge in [-0.15, -0.1) is 11.3 Å². The lowest BCUT2D eigenvalue weighted by Crippen LogP contribution is -2.49. The second-order valence-corrected chi connectivity index (χ2v) is 9.44. The number of benzene rings is 2. The van der Waals surface area contributed by atoms with Gasteiger partial charge in [-0.1, -0.05) is 50.2 Å². The van der Waals surface area contributed by atoms with Crippen LogP contribution in [-0.4, -0.2) is 34.0 Å². The van der Waals surface area contributed by atoms with Gasteiger partial charge in [0.25, 0.3) is 0 Å². The molecule has 2 heterocycles. The fourth-order valence-electron chi connectivity index (χ4n) is 3.78. The maximum Gasteiger partial charge on any atom is 0.416 e. The van der Waals surface area contributed by atoms with Crippen molar-refractivity contribution < 1.29 is 23.1 Å². The normalized spacial score (nSPS) is 15.2. The van der Waals surface area contributed by atoms with Gasteiger partial charge in [-0.05, 0) is 28.7 Å². The van der Waals surface area contributed by atoms with Crippen LogP contribution in [-0.2, 0) is 17.5 Å². The summed E-state index contributed by atoms with van der Waals surface area (Å²) in [6.45, 7) is 4.84. The van der Waals surface area contributed by atoms with Gasteiger partial charge >= 0.3 is 12.1 Å². The third-order valence-electron chi connectivity index (χ3n) is 5.73. The topological polar surface area (TPSA) is 53.4 Å². The van der Waals surface area contributed by atoms with Crippen LogP contribution in [0.4, 0.5) is 13.2 Å². The van der Waals surface area contributed by atoms with Gasteiger partial charge in [-0.2, -0.15) is 13.2 Å². The molecule has 0 radical (unpaired) electrons. The van der Waals surface area contributed by atoms with Gasteiger partial charge in [-0.3, -0.25) is 9.69 Å². The molecule has 32 heavy (non-hydrogen) atoms. The second-order valence-electron chi connectivity index (χ2n) is 8.41. The van der Waals surface area contributed by atoms with Crippen LogP contribution in [0.1, 0.15) is 36.5 Å². The lowest BCUT2D eigenvalue weighted by Gasteiger charge is -2.37. The van der Waals surface area contributed by atoms with Crippen LogP contribution in [0.2, 0.25) is 0 Å². The van der Waals surface area contributed by atoms with E-state index in [9.17, 15) is 18.0 Å². The fraction of sp³-hybridized carbons (Fsp3) is 0.333. The largest absolute Gasteiger partial charge is 0.481 e. The zero-order valence-electron chi connectivity index (χ0n) is 17.7. The Hall–Kier alpha value is -2.71. The van der Waals surface area contributed by atoms with Gasteiger partial charge in [0.2, 0.25) is 0 Å². The molecule has 8 heteroatoms. The standard InChI is InChI=1S/C24H23F3N2O2S/c1-14(2)15-3-5-16(6-4-15)21-10-28-22(32-21)17-7-8-18(20(9-17)24(25,26)27)11-29-12-19(13-29)23(30)31/h3-10,14,19H,11-13H2,1-2H3,(H,30,31). The minimum Gasteiger partial charge on any atom is -0.481 e. The number of hydrogen-bond acceptors (Lipinski definition) is 4. The van der Waals surface area contributed by atoms with E-state index in [2.05, 4.69) is 31.0 Å². The second kappa shape index (κ2) is 8.67. The summed E-state index contributed by atoms with van der Waals surface area (Å²) in [4.78, 5) is 17.9. The maximum atomic E-state index is 13.8. The smallest absolute Gasteiger partial charge is 0.416 e. The number of nitrogens with zero attached hydrogens (tertiary/aromatic N) is 2. The summed E-state index contributed by atoms with van der Waals surface area (Å²) in [6.07, 6.45) is -2.81. The molecule has 0 unspecified atom stereocenters. The Morgan fingerprint density at radius 1 is 1.16 bits per heavy atom. The Morgan fingerprint density at radius 3 is 2.41 bits per heavy atom. The van der Waals surface area contributed by atoms with Gasteiger partial charge in [0.15, 0.2) is 0 Å². The van der Waals surface area contributed by atoms with Crippen molar-refractivity contribution in [2.75, 3.05) is 13.1 Å². The van der Waals surface area contributed by atoms with Crippen molar-refractivity contribution in [3.05, 3.63) is 65.4 Å². The van der Waals surface area contributed by atoms with Crippen LogP contribution in [0.15, 0.2) is 48.7 Å². The third-order valence-corrected chi connectivity index (χ3v) is 6.83. The Morgan fingerprint density at radius 2 is 1.81 bits per heavy atom. The molecule has 168 valence electrons. The van der Waals surface area contributed by atoms with E-state index >= 15 is 0 Å². The van der Waals surface area contributed by atoms with Gasteiger partial charge < -0.3 is 5.11 Å². The summed E-state index contributed by atoms with van der Waals surface area (Å²) in [5, 5.41) is 9.50. The number of aromatic nitrogens is 1. The van der Waals surface area contributed by atoms with Crippen molar-refractivity contribution in [1.29, 1.82) is 0 Å². The molecule has 4 rings (SSSR count). The number of likely N-dealkylation sites (tertiary alicyclic amines) is 1. The van der Waals surface area contributed by atoms with Crippen molar-refractivity contribution >= 4 is 17.3 Å². The molecule has 0 aliphatic carbocycles. The molecule has 0 atom stereocenters. The molecule has 1 fully saturated rings. The van der Waals surface area contributed by atoms with Gasteiger partial charge in [0, 0.05) is 31.4 Å². The number of hydrogen-bond donors (Lipinski definition) is 1. The summed E-state index contributed by atoms with van der Waals surface area (Å²) >= 11 is 1.36. The highest BCUT2D eigenvalue weighted by Gasteiger charge is 2.37. The number of thiazole rings is 1. The average Bonchev–Trinajstić information content (AvgIpc) is 3.19. The lowest BCUT2D eigenvalue weighted by atomic mass is 9.97. The molecule has 0 amide bonds. The molecule has 1 saturated heterocycles. The molecule has 1 aliphatic rings. The fourth-order valence-corrected chi connectivity index (χ4v) is 4.70. The van der Waals surface area contributed by atoms with E-state index in [-0.39, 0.29) is 25.2 Å². The summed E-state index contributed by atoms with van der Waals surface area (Å²) in [6, 6.07) is 12.4. The van der Waals surface area contributed by atoms with Crippen LogP contribution < -0.4 is 0 Å². The van der Waals surface area contributed by atoms with E-state index in [0.717, 1.165) is 16.5 Å². The average molecular weight is 461 g/mol. The number of carbonyl (C=O) groups is 1. The minimum atomic E-state index is -4.50. The number of carboxylic acid groups (broad SMARTS) is 1. The SMILES string of the molecule is CC(C)c1ccc(-c2cnc(-c3ccc(CN4CC(C(=O)O)C4)c(C(F)(F)F)c3)s2)cc1. The van der Waals surface area contributed by atoms with Crippen molar-refractivity contribution in [3.8, 4) is 21.0 Å². The molecular weight excluding hydrogens is 437 g/mol. The number of aliphatic carboxylic acids is 1. The summed E-state index contributed by atoms with van der Waals surface area (Å²) in [7, 11) is 0. The van der Waals surface area contributed by atoms with Crippen LogP contribution in [0, 0.1) is 5.92 Å². The highest BCUT2D eigenvalue weighted by molar-refractivity contribution is 7.18. The Bertz CT molecular complexity index is 1120. The molecule has 1 aromatic heterocycles. The number of rotatable bonds is 6. The lowest BCUT2D eigenvalue weighted by molar-refractivity contribution is -0.148. The number of halogens is 3. The zero-order valence-corrected chi connectivity index (χ0v) is 18.5. The van der Waals surface area contributed by atoms with Gasteiger partial charge in [0.1, 0.15) is 5.01 Å². The van der Waals surface area contributed by atoms with Crippen molar-refractivity contribution in [3.63, 3.8) is 0 Å². The first-order valence-corrected chi connectivity index (χ1v) is 11.2. The van der Waals surface area contributed by atoms with E-state index < -0.39 is 23.6 Å². The van der Waals surface area contributed by atoms with E-state index in [1.807, 2.05) is 12.1 Å². The molecule has 3 aromatic rings. The Balaban J connectivity index is 1.57. The van der Waals surface area contributed by atoms with Crippen molar-refractivity contribution in [1.82, 2.24) is 9.88 Å². The summed E-state index contributed by atoms with van der Waals surface area (Å²) in [5.41, 5.74) is 2.07. The number of carboxylic acids is 1. The van der Waals surface area contributed by atoms with Crippen molar-refractivity contribution in [2.45, 2.75) is 32.5 Å². The molecular formula is C24H23F3N2O2S. The van der Waals surface area contributed by atoms with E-state index in [4.69, 9.17) is 5.11 Å². The van der Waals surface area contributed by atoms with Crippen LogP contribution >= 0.6 is 11.3 Å². The first-order chi connectivity index (χ1) is 15.1. The molecule has 4 nitrogen and oxygen atoms in total. The number of alkyl halides is 3. The first-order valence-electron chi connectivity index (χ1n) is 10.3. The van der Waals surface area contributed by atoms with E-state index in [1.165, 1.54) is 23.0 Å². The quantitative estimate of drug-likeness (QED) is 0.480. The molecule has 1 aliphatic heterocycles. The summed E-state index contributed by atoms with van der Waals surface area (Å²) < 4.78 is 41.3. The third kappa shape index (κ3) is 4.71. The predicted octanol–water partition coefficient (Wildman–Crippen LogP) is 6.14. The monoisotopic (exact) mass is 460 g/mol. The highest BCUT2D eigenvalue weighted by atomic mass is 32.1. The van der Waals surface area contributed by atoms with Gasteiger partial charge in [-0.25, -0.2) is 4.98 Å². The zero-order chi connectivity index (χ0) is 23.0. The maximum absolute atomic E-state index is 13.8. The molecule has 1 N–H and O–H groups in total.